The third kappa shape index (κ3) is 3.07. The molecule has 1 heterocycles. The molecule has 4 nitrogen and oxygen atoms in total. The summed E-state index contributed by atoms with van der Waals surface area (Å²) in [5.41, 5.74) is -0.250. The highest BCUT2D eigenvalue weighted by molar-refractivity contribution is 6.29. The van der Waals surface area contributed by atoms with E-state index in [-0.39, 0.29) is 12.1 Å². The van der Waals surface area contributed by atoms with Crippen molar-refractivity contribution < 1.29 is 5.11 Å². The molecule has 94 valence electrons. The van der Waals surface area contributed by atoms with Crippen molar-refractivity contribution in [2.45, 2.75) is 38.1 Å². The van der Waals surface area contributed by atoms with E-state index in [9.17, 15) is 5.11 Å². The number of halogens is 1. The molecular formula is C12H18ClN3O. The number of hydrogen-bond acceptors (Lipinski definition) is 4. The lowest BCUT2D eigenvalue weighted by Gasteiger charge is -2.39. The normalized spacial score (nSPS) is 29.0. The quantitative estimate of drug-likeness (QED) is 0.871. The van der Waals surface area contributed by atoms with Gasteiger partial charge in [-0.3, -0.25) is 0 Å². The second kappa shape index (κ2) is 5.19. The van der Waals surface area contributed by atoms with Gasteiger partial charge < -0.3 is 10.4 Å². The third-order valence-electron chi connectivity index (χ3n) is 3.42. The zero-order valence-electron chi connectivity index (χ0n) is 9.99. The Balaban J connectivity index is 2.10. The zero-order chi connectivity index (χ0) is 12.3. The molecule has 0 bridgehead atoms. The maximum atomic E-state index is 9.64. The largest absolute Gasteiger partial charge is 0.394 e. The van der Waals surface area contributed by atoms with E-state index in [0.717, 1.165) is 19.3 Å². The van der Waals surface area contributed by atoms with Crippen LogP contribution in [0.15, 0.2) is 12.1 Å². The Kier molecular flexibility index (Phi) is 3.84. The second-order valence-electron chi connectivity index (χ2n) is 5.01. The Morgan fingerprint density at radius 1 is 1.53 bits per heavy atom. The highest BCUT2D eigenvalue weighted by Gasteiger charge is 2.34. The molecule has 5 heteroatoms. The number of anilines is 1. The Hall–Kier alpha value is -0.870. The molecule has 1 aliphatic carbocycles. The number of nitrogens with one attached hydrogen (secondary N) is 1. The maximum Gasteiger partial charge on any atom is 0.151 e. The van der Waals surface area contributed by atoms with Crippen LogP contribution in [0.5, 0.6) is 0 Å². The molecule has 0 saturated heterocycles. The van der Waals surface area contributed by atoms with Crippen molar-refractivity contribution in [2.75, 3.05) is 11.9 Å². The highest BCUT2D eigenvalue weighted by Crippen LogP contribution is 2.34. The lowest BCUT2D eigenvalue weighted by Crippen LogP contribution is -2.46. The summed E-state index contributed by atoms with van der Waals surface area (Å²) in [4.78, 5) is 0. The van der Waals surface area contributed by atoms with Crippen LogP contribution in [0.25, 0.3) is 0 Å². The Morgan fingerprint density at radius 3 is 2.94 bits per heavy atom. The van der Waals surface area contributed by atoms with E-state index >= 15 is 0 Å². The molecule has 1 saturated carbocycles. The summed E-state index contributed by atoms with van der Waals surface area (Å²) >= 11 is 5.70. The average molecular weight is 256 g/mol. The highest BCUT2D eigenvalue weighted by atomic mass is 35.5. The Morgan fingerprint density at radius 2 is 2.35 bits per heavy atom. The van der Waals surface area contributed by atoms with Gasteiger partial charge in [0.25, 0.3) is 0 Å². The van der Waals surface area contributed by atoms with Gasteiger partial charge in [-0.2, -0.15) is 0 Å². The van der Waals surface area contributed by atoms with E-state index in [0.29, 0.717) is 16.9 Å². The number of hydrogen-bond donors (Lipinski definition) is 2. The summed E-state index contributed by atoms with van der Waals surface area (Å²) in [6.07, 6.45) is 4.30. The SMILES string of the molecule is CC1CCCC(CO)(Nc2ccc(Cl)nn2)C1. The number of aromatic nitrogens is 2. The third-order valence-corrected chi connectivity index (χ3v) is 3.62. The molecule has 2 N–H and O–H groups in total. The van der Waals surface area contributed by atoms with Crippen LogP contribution in [0.1, 0.15) is 32.6 Å². The van der Waals surface area contributed by atoms with Crippen LogP contribution in [0.4, 0.5) is 5.82 Å². The summed E-state index contributed by atoms with van der Waals surface area (Å²) in [6, 6.07) is 3.50. The van der Waals surface area contributed by atoms with Gasteiger partial charge in [0.15, 0.2) is 5.15 Å². The molecule has 1 aliphatic rings. The van der Waals surface area contributed by atoms with Gasteiger partial charge in [0.1, 0.15) is 5.82 Å². The molecule has 1 aromatic rings. The molecule has 0 aromatic carbocycles. The first-order valence-electron chi connectivity index (χ1n) is 6.02. The van der Waals surface area contributed by atoms with Crippen molar-refractivity contribution in [3.8, 4) is 0 Å². The molecule has 1 fully saturated rings. The van der Waals surface area contributed by atoms with Gasteiger partial charge in [-0.15, -0.1) is 10.2 Å². The van der Waals surface area contributed by atoms with Gasteiger partial charge in [0, 0.05) is 0 Å². The topological polar surface area (TPSA) is 58.0 Å². The van der Waals surface area contributed by atoms with E-state index in [4.69, 9.17) is 11.6 Å². The van der Waals surface area contributed by atoms with Crippen LogP contribution in [0.2, 0.25) is 5.15 Å². The molecule has 0 radical (unpaired) electrons. The minimum Gasteiger partial charge on any atom is -0.394 e. The lowest BCUT2D eigenvalue weighted by atomic mass is 9.77. The Bertz CT molecular complexity index is 371. The molecule has 2 rings (SSSR count). The predicted octanol–water partition coefficient (Wildman–Crippen LogP) is 2.48. The fourth-order valence-corrected chi connectivity index (χ4v) is 2.71. The van der Waals surface area contributed by atoms with E-state index in [1.807, 2.05) is 0 Å². The number of nitrogens with zero attached hydrogens (tertiary/aromatic N) is 2. The van der Waals surface area contributed by atoms with Crippen molar-refractivity contribution in [1.29, 1.82) is 0 Å². The van der Waals surface area contributed by atoms with Crippen LogP contribution in [0, 0.1) is 5.92 Å². The molecular weight excluding hydrogens is 238 g/mol. The molecule has 1 aromatic heterocycles. The maximum absolute atomic E-state index is 9.64. The van der Waals surface area contributed by atoms with E-state index in [1.54, 1.807) is 12.1 Å². The molecule has 0 spiro atoms. The minimum absolute atomic E-state index is 0.127. The minimum atomic E-state index is -0.250. The average Bonchev–Trinajstić information content (AvgIpc) is 2.32. The fourth-order valence-electron chi connectivity index (χ4n) is 2.61. The first-order valence-corrected chi connectivity index (χ1v) is 6.40. The Labute approximate surface area is 106 Å². The summed E-state index contributed by atoms with van der Waals surface area (Å²) in [5, 5.41) is 21.1. The van der Waals surface area contributed by atoms with E-state index < -0.39 is 0 Å². The van der Waals surface area contributed by atoms with Gasteiger partial charge in [-0.05, 0) is 30.9 Å². The molecule has 2 unspecified atom stereocenters. The first-order chi connectivity index (χ1) is 8.13. The van der Waals surface area contributed by atoms with Gasteiger partial charge in [0.05, 0.1) is 12.1 Å². The van der Waals surface area contributed by atoms with Gasteiger partial charge in [-0.25, -0.2) is 0 Å². The predicted molar refractivity (Wildman–Crippen MR) is 68.1 cm³/mol. The summed E-state index contributed by atoms with van der Waals surface area (Å²) in [7, 11) is 0. The fraction of sp³-hybridized carbons (Fsp3) is 0.667. The van der Waals surface area contributed by atoms with Crippen LogP contribution in [-0.4, -0.2) is 27.4 Å². The van der Waals surface area contributed by atoms with Crippen molar-refractivity contribution in [3.63, 3.8) is 0 Å². The van der Waals surface area contributed by atoms with Crippen LogP contribution in [0.3, 0.4) is 0 Å². The van der Waals surface area contributed by atoms with Crippen molar-refractivity contribution in [1.82, 2.24) is 10.2 Å². The molecule has 2 atom stereocenters. The van der Waals surface area contributed by atoms with Crippen molar-refractivity contribution in [2.24, 2.45) is 5.92 Å². The van der Waals surface area contributed by atoms with Crippen LogP contribution in [-0.2, 0) is 0 Å². The monoisotopic (exact) mass is 255 g/mol. The van der Waals surface area contributed by atoms with E-state index in [1.165, 1.54) is 6.42 Å². The van der Waals surface area contributed by atoms with Gasteiger partial charge in [0.2, 0.25) is 0 Å². The summed E-state index contributed by atoms with van der Waals surface area (Å²) < 4.78 is 0. The van der Waals surface area contributed by atoms with E-state index in [2.05, 4.69) is 22.4 Å². The summed E-state index contributed by atoms with van der Waals surface area (Å²) in [6.45, 7) is 2.35. The van der Waals surface area contributed by atoms with Crippen molar-refractivity contribution >= 4 is 17.4 Å². The number of aliphatic hydroxyl groups is 1. The molecule has 0 amide bonds. The van der Waals surface area contributed by atoms with Crippen LogP contribution < -0.4 is 5.32 Å². The number of rotatable bonds is 3. The van der Waals surface area contributed by atoms with Gasteiger partial charge in [-0.1, -0.05) is 31.4 Å². The standard InChI is InChI=1S/C12H18ClN3O/c1-9-3-2-6-12(7-9,8-17)14-11-5-4-10(13)15-16-11/h4-5,9,17H,2-3,6-8H2,1H3,(H,14,16). The smallest absolute Gasteiger partial charge is 0.151 e. The van der Waals surface area contributed by atoms with Gasteiger partial charge >= 0.3 is 0 Å². The zero-order valence-corrected chi connectivity index (χ0v) is 10.7. The van der Waals surface area contributed by atoms with Crippen LogP contribution >= 0.6 is 11.6 Å². The first kappa shape index (κ1) is 12.6. The molecule has 17 heavy (non-hydrogen) atoms. The summed E-state index contributed by atoms with van der Waals surface area (Å²) in [5.74, 6) is 1.31. The number of aliphatic hydroxyl groups excluding tert-OH is 1. The lowest BCUT2D eigenvalue weighted by molar-refractivity contribution is 0.149. The second-order valence-corrected chi connectivity index (χ2v) is 5.39. The molecule has 0 aliphatic heterocycles. The van der Waals surface area contributed by atoms with Crippen molar-refractivity contribution in [3.05, 3.63) is 17.3 Å².